The molecule has 1 aliphatic rings. The van der Waals surface area contributed by atoms with Gasteiger partial charge in [0.05, 0.1) is 6.54 Å². The number of hydrogen-bond acceptors (Lipinski definition) is 4. The number of benzene rings is 1. The topological polar surface area (TPSA) is 51.0 Å². The average molecular weight is 229 g/mol. The molecule has 1 aromatic carbocycles. The fourth-order valence-electron chi connectivity index (χ4n) is 2.45. The predicted molar refractivity (Wildman–Crippen MR) is 63.3 cm³/mol. The average Bonchev–Trinajstić information content (AvgIpc) is 2.89. The van der Waals surface area contributed by atoms with Crippen LogP contribution in [0.15, 0.2) is 35.2 Å². The van der Waals surface area contributed by atoms with Crippen LogP contribution in [-0.2, 0) is 13.0 Å². The zero-order chi connectivity index (χ0) is 11.5. The summed E-state index contributed by atoms with van der Waals surface area (Å²) in [6.45, 7) is 0.662. The Hall–Kier alpha value is -1.68. The van der Waals surface area contributed by atoms with Crippen molar-refractivity contribution in [2.45, 2.75) is 31.8 Å². The highest BCUT2D eigenvalue weighted by Crippen LogP contribution is 2.29. The van der Waals surface area contributed by atoms with Crippen LogP contribution in [0.4, 0.5) is 0 Å². The first-order chi connectivity index (χ1) is 8.43. The maximum absolute atomic E-state index is 4.72. The number of aromatic nitrogens is 2. The Bertz CT molecular complexity index is 481. The van der Waals surface area contributed by atoms with Crippen molar-refractivity contribution in [1.29, 1.82) is 0 Å². The monoisotopic (exact) mass is 229 g/mol. The second-order valence-corrected chi connectivity index (χ2v) is 4.37. The Kier molecular flexibility index (Phi) is 2.88. The van der Waals surface area contributed by atoms with Crippen molar-refractivity contribution in [3.8, 4) is 0 Å². The van der Waals surface area contributed by atoms with E-state index in [0.717, 1.165) is 0 Å². The molecule has 0 aliphatic heterocycles. The van der Waals surface area contributed by atoms with E-state index in [4.69, 9.17) is 4.52 Å². The van der Waals surface area contributed by atoms with Crippen LogP contribution in [0.1, 0.15) is 35.8 Å². The normalized spacial score (nSPS) is 18.9. The van der Waals surface area contributed by atoms with Gasteiger partial charge in [0, 0.05) is 6.04 Å². The Morgan fingerprint density at radius 1 is 1.35 bits per heavy atom. The number of fused-ring (bicyclic) bond motifs is 1. The Labute approximate surface area is 100 Å². The first-order valence-electron chi connectivity index (χ1n) is 6.00. The summed E-state index contributed by atoms with van der Waals surface area (Å²) in [5.74, 6) is 0.716. The van der Waals surface area contributed by atoms with E-state index in [2.05, 4.69) is 39.7 Å². The molecule has 17 heavy (non-hydrogen) atoms. The SMILES string of the molecule is c1ccc2c(c1)CCCC2NCc1ncon1. The highest BCUT2D eigenvalue weighted by Gasteiger charge is 2.19. The third-order valence-corrected chi connectivity index (χ3v) is 3.28. The van der Waals surface area contributed by atoms with Crippen molar-refractivity contribution in [2.75, 3.05) is 0 Å². The van der Waals surface area contributed by atoms with Gasteiger partial charge in [0.15, 0.2) is 5.82 Å². The number of hydrogen-bond donors (Lipinski definition) is 1. The van der Waals surface area contributed by atoms with Crippen LogP contribution >= 0.6 is 0 Å². The van der Waals surface area contributed by atoms with E-state index in [0.29, 0.717) is 18.4 Å². The van der Waals surface area contributed by atoms with Gasteiger partial charge >= 0.3 is 0 Å². The molecule has 0 saturated heterocycles. The minimum Gasteiger partial charge on any atom is -0.343 e. The van der Waals surface area contributed by atoms with E-state index < -0.39 is 0 Å². The highest BCUT2D eigenvalue weighted by atomic mass is 16.5. The van der Waals surface area contributed by atoms with E-state index in [1.54, 1.807) is 0 Å². The Morgan fingerprint density at radius 2 is 2.29 bits per heavy atom. The van der Waals surface area contributed by atoms with Gasteiger partial charge in [-0.25, -0.2) is 0 Å². The lowest BCUT2D eigenvalue weighted by molar-refractivity contribution is 0.398. The summed E-state index contributed by atoms with van der Waals surface area (Å²) in [6, 6.07) is 9.06. The summed E-state index contributed by atoms with van der Waals surface area (Å²) in [5.41, 5.74) is 2.88. The molecule has 0 amide bonds. The second kappa shape index (κ2) is 4.67. The van der Waals surface area contributed by atoms with E-state index in [-0.39, 0.29) is 0 Å². The first-order valence-corrected chi connectivity index (χ1v) is 6.00. The molecule has 3 rings (SSSR count). The van der Waals surface area contributed by atoms with Gasteiger partial charge < -0.3 is 9.84 Å². The molecule has 0 fully saturated rings. The summed E-state index contributed by atoms with van der Waals surface area (Å²) in [4.78, 5) is 4.02. The van der Waals surface area contributed by atoms with Crippen LogP contribution in [-0.4, -0.2) is 10.1 Å². The molecular formula is C13H15N3O. The number of nitrogens with zero attached hydrogens (tertiary/aromatic N) is 2. The molecule has 4 nitrogen and oxygen atoms in total. The molecule has 1 N–H and O–H groups in total. The minimum absolute atomic E-state index is 0.415. The van der Waals surface area contributed by atoms with Gasteiger partial charge in [0.25, 0.3) is 0 Å². The van der Waals surface area contributed by atoms with Gasteiger partial charge in [-0.15, -0.1) is 0 Å². The zero-order valence-corrected chi connectivity index (χ0v) is 9.60. The summed E-state index contributed by atoms with van der Waals surface area (Å²) >= 11 is 0. The van der Waals surface area contributed by atoms with Gasteiger partial charge in [-0.05, 0) is 30.4 Å². The van der Waals surface area contributed by atoms with Crippen molar-refractivity contribution in [3.63, 3.8) is 0 Å². The number of rotatable bonds is 3. The number of aryl methyl sites for hydroxylation is 1. The predicted octanol–water partition coefficient (Wildman–Crippen LogP) is 2.24. The summed E-state index contributed by atoms with van der Waals surface area (Å²) in [6.07, 6.45) is 4.97. The van der Waals surface area contributed by atoms with E-state index >= 15 is 0 Å². The summed E-state index contributed by atoms with van der Waals surface area (Å²) < 4.78 is 4.72. The van der Waals surface area contributed by atoms with Crippen LogP contribution < -0.4 is 5.32 Å². The Morgan fingerprint density at radius 3 is 3.18 bits per heavy atom. The summed E-state index contributed by atoms with van der Waals surface area (Å²) in [7, 11) is 0. The molecule has 2 aromatic rings. The van der Waals surface area contributed by atoms with E-state index in [9.17, 15) is 0 Å². The third kappa shape index (κ3) is 2.22. The Balaban J connectivity index is 1.72. The third-order valence-electron chi connectivity index (χ3n) is 3.28. The van der Waals surface area contributed by atoms with Crippen molar-refractivity contribution >= 4 is 0 Å². The van der Waals surface area contributed by atoms with E-state index in [1.807, 2.05) is 0 Å². The largest absolute Gasteiger partial charge is 0.343 e. The van der Waals surface area contributed by atoms with Gasteiger partial charge in [0.1, 0.15) is 0 Å². The fourth-order valence-corrected chi connectivity index (χ4v) is 2.45. The molecule has 1 aliphatic carbocycles. The molecule has 4 heteroatoms. The molecule has 1 heterocycles. The van der Waals surface area contributed by atoms with Gasteiger partial charge in [-0.1, -0.05) is 29.4 Å². The lowest BCUT2D eigenvalue weighted by Crippen LogP contribution is -2.25. The van der Waals surface area contributed by atoms with Crippen LogP contribution in [0.5, 0.6) is 0 Å². The molecular weight excluding hydrogens is 214 g/mol. The molecule has 1 atom stereocenters. The molecule has 0 spiro atoms. The molecule has 1 aromatic heterocycles. The smallest absolute Gasteiger partial charge is 0.213 e. The van der Waals surface area contributed by atoms with E-state index in [1.165, 1.54) is 36.8 Å². The lowest BCUT2D eigenvalue weighted by atomic mass is 9.88. The van der Waals surface area contributed by atoms with Crippen LogP contribution in [0.25, 0.3) is 0 Å². The van der Waals surface area contributed by atoms with Gasteiger partial charge in [-0.3, -0.25) is 0 Å². The standard InChI is InChI=1S/C13H15N3O/c1-2-6-11-10(4-1)5-3-7-12(11)14-8-13-15-9-17-16-13/h1-2,4,6,9,12,14H,3,5,7-8H2. The minimum atomic E-state index is 0.415. The molecule has 1 unspecified atom stereocenters. The van der Waals surface area contributed by atoms with Crippen molar-refractivity contribution < 1.29 is 4.52 Å². The van der Waals surface area contributed by atoms with Crippen molar-refractivity contribution in [3.05, 3.63) is 47.6 Å². The molecule has 0 saturated carbocycles. The summed E-state index contributed by atoms with van der Waals surface area (Å²) in [5, 5.41) is 7.30. The van der Waals surface area contributed by atoms with Crippen LogP contribution in [0.3, 0.4) is 0 Å². The molecule has 0 radical (unpaired) electrons. The lowest BCUT2D eigenvalue weighted by Gasteiger charge is -2.25. The fraction of sp³-hybridized carbons (Fsp3) is 0.385. The van der Waals surface area contributed by atoms with Crippen molar-refractivity contribution in [1.82, 2.24) is 15.5 Å². The zero-order valence-electron chi connectivity index (χ0n) is 9.60. The first kappa shape index (κ1) is 10.5. The van der Waals surface area contributed by atoms with Gasteiger partial charge in [0.2, 0.25) is 6.39 Å². The van der Waals surface area contributed by atoms with Crippen molar-refractivity contribution in [2.24, 2.45) is 0 Å². The maximum Gasteiger partial charge on any atom is 0.213 e. The molecule has 0 bridgehead atoms. The maximum atomic E-state index is 4.72. The highest BCUT2D eigenvalue weighted by molar-refractivity contribution is 5.32. The number of nitrogens with one attached hydrogen (secondary N) is 1. The van der Waals surface area contributed by atoms with Crippen LogP contribution in [0, 0.1) is 0 Å². The van der Waals surface area contributed by atoms with Crippen LogP contribution in [0.2, 0.25) is 0 Å². The quantitative estimate of drug-likeness (QED) is 0.877. The van der Waals surface area contributed by atoms with Gasteiger partial charge in [-0.2, -0.15) is 4.98 Å². The second-order valence-electron chi connectivity index (χ2n) is 4.37. The molecule has 88 valence electrons.